The predicted molar refractivity (Wildman–Crippen MR) is 110 cm³/mol. The molecule has 0 aromatic heterocycles. The van der Waals surface area contributed by atoms with Crippen molar-refractivity contribution in [3.05, 3.63) is 65.2 Å². The van der Waals surface area contributed by atoms with Crippen molar-refractivity contribution < 1.29 is 23.1 Å². The van der Waals surface area contributed by atoms with E-state index in [0.29, 0.717) is 31.9 Å². The van der Waals surface area contributed by atoms with Gasteiger partial charge in [0, 0.05) is 19.2 Å². The van der Waals surface area contributed by atoms with E-state index in [1.165, 1.54) is 11.0 Å². The van der Waals surface area contributed by atoms with Crippen LogP contribution in [0.2, 0.25) is 0 Å². The second-order valence-electron chi connectivity index (χ2n) is 7.68. The third kappa shape index (κ3) is 4.78. The van der Waals surface area contributed by atoms with Crippen LogP contribution in [0, 0.1) is 24.0 Å². The first-order chi connectivity index (χ1) is 14.3. The Morgan fingerprint density at radius 1 is 1.20 bits per heavy atom. The van der Waals surface area contributed by atoms with Gasteiger partial charge >= 0.3 is 12.0 Å². The maximum absolute atomic E-state index is 13.9. The average Bonchev–Trinajstić information content (AvgIpc) is 2.72. The fraction of sp³-hybridized carbons (Fsp3) is 0.391. The quantitative estimate of drug-likeness (QED) is 0.720. The molecule has 2 aromatic carbocycles. The number of aryl methyl sites for hydroxylation is 1. The minimum atomic E-state index is -0.876. The Balaban J connectivity index is 1.83. The molecule has 1 fully saturated rings. The van der Waals surface area contributed by atoms with Crippen molar-refractivity contribution in [3.63, 3.8) is 0 Å². The van der Waals surface area contributed by atoms with Crippen molar-refractivity contribution in [1.29, 1.82) is 0 Å². The molecular weight excluding hydrogens is 390 g/mol. The van der Waals surface area contributed by atoms with Gasteiger partial charge in [-0.3, -0.25) is 4.79 Å². The standard InChI is InChI=1S/C23H26F2N2O3/c1-3-30-21(28)23(14-17-8-5-4-7-16(17)2)11-6-12-27(15-23)22(29)26-20-10-9-18(24)13-19(20)25/h4-5,7-10,13H,3,6,11-12,14-15H2,1-2H3,(H,26,29)/t23-/m0/s1. The highest BCUT2D eigenvalue weighted by Gasteiger charge is 2.45. The summed E-state index contributed by atoms with van der Waals surface area (Å²) in [6.45, 7) is 4.59. The van der Waals surface area contributed by atoms with Gasteiger partial charge in [0.2, 0.25) is 0 Å². The number of halogens is 2. The number of esters is 1. The molecule has 2 amide bonds. The first-order valence-corrected chi connectivity index (χ1v) is 10.1. The number of piperidine rings is 1. The molecule has 1 saturated heterocycles. The van der Waals surface area contributed by atoms with E-state index in [1.54, 1.807) is 6.92 Å². The molecule has 1 aliphatic rings. The van der Waals surface area contributed by atoms with Gasteiger partial charge < -0.3 is 15.0 Å². The number of urea groups is 1. The van der Waals surface area contributed by atoms with Crippen LogP contribution < -0.4 is 5.32 Å². The Kier molecular flexibility index (Phi) is 6.70. The predicted octanol–water partition coefficient (Wildman–Crippen LogP) is 4.69. The van der Waals surface area contributed by atoms with Crippen molar-refractivity contribution in [2.24, 2.45) is 5.41 Å². The molecule has 1 N–H and O–H groups in total. The molecule has 1 aliphatic heterocycles. The summed E-state index contributed by atoms with van der Waals surface area (Å²) >= 11 is 0. The maximum atomic E-state index is 13.9. The zero-order chi connectivity index (χ0) is 21.7. The van der Waals surface area contributed by atoms with Crippen molar-refractivity contribution >= 4 is 17.7 Å². The van der Waals surface area contributed by atoms with Gasteiger partial charge in [-0.15, -0.1) is 0 Å². The van der Waals surface area contributed by atoms with Crippen molar-refractivity contribution in [3.8, 4) is 0 Å². The zero-order valence-electron chi connectivity index (χ0n) is 17.2. The highest BCUT2D eigenvalue weighted by atomic mass is 19.1. The Morgan fingerprint density at radius 3 is 2.67 bits per heavy atom. The number of anilines is 1. The van der Waals surface area contributed by atoms with Crippen LogP contribution in [-0.2, 0) is 16.0 Å². The van der Waals surface area contributed by atoms with Gasteiger partial charge in [-0.25, -0.2) is 13.6 Å². The number of amides is 2. The van der Waals surface area contributed by atoms with Crippen LogP contribution in [0.1, 0.15) is 30.9 Å². The Bertz CT molecular complexity index is 934. The second-order valence-corrected chi connectivity index (χ2v) is 7.68. The summed E-state index contributed by atoms with van der Waals surface area (Å²) < 4.78 is 32.4. The van der Waals surface area contributed by atoms with Gasteiger partial charge in [0.25, 0.3) is 0 Å². The summed E-state index contributed by atoms with van der Waals surface area (Å²) in [5.41, 5.74) is 1.11. The minimum Gasteiger partial charge on any atom is -0.466 e. The molecule has 7 heteroatoms. The van der Waals surface area contributed by atoms with E-state index in [2.05, 4.69) is 5.32 Å². The average molecular weight is 416 g/mol. The summed E-state index contributed by atoms with van der Waals surface area (Å²) in [5, 5.41) is 2.48. The fourth-order valence-corrected chi connectivity index (χ4v) is 3.93. The molecule has 0 unspecified atom stereocenters. The number of nitrogens with zero attached hydrogens (tertiary/aromatic N) is 1. The molecule has 0 spiro atoms. The normalized spacial score (nSPS) is 18.7. The molecule has 160 valence electrons. The van der Waals surface area contributed by atoms with Crippen LogP contribution in [0.15, 0.2) is 42.5 Å². The molecule has 5 nitrogen and oxygen atoms in total. The lowest BCUT2D eigenvalue weighted by Crippen LogP contribution is -2.52. The fourth-order valence-electron chi connectivity index (χ4n) is 3.93. The van der Waals surface area contributed by atoms with E-state index in [0.717, 1.165) is 17.2 Å². The molecule has 30 heavy (non-hydrogen) atoms. The number of ether oxygens (including phenoxy) is 1. The molecule has 3 rings (SSSR count). The van der Waals surface area contributed by atoms with E-state index in [9.17, 15) is 18.4 Å². The number of rotatable bonds is 5. The number of likely N-dealkylation sites (tertiary alicyclic amines) is 1. The maximum Gasteiger partial charge on any atom is 0.321 e. The lowest BCUT2D eigenvalue weighted by Gasteiger charge is -2.41. The van der Waals surface area contributed by atoms with E-state index >= 15 is 0 Å². The summed E-state index contributed by atoms with van der Waals surface area (Å²) in [6.07, 6.45) is 1.66. The number of hydrogen-bond donors (Lipinski definition) is 1. The highest BCUT2D eigenvalue weighted by Crippen LogP contribution is 2.36. The van der Waals surface area contributed by atoms with E-state index in [1.807, 2.05) is 31.2 Å². The Labute approximate surface area is 175 Å². The van der Waals surface area contributed by atoms with Crippen LogP contribution in [0.4, 0.5) is 19.3 Å². The lowest BCUT2D eigenvalue weighted by atomic mass is 9.74. The van der Waals surface area contributed by atoms with Gasteiger partial charge in [-0.05, 0) is 56.4 Å². The van der Waals surface area contributed by atoms with Gasteiger partial charge in [-0.1, -0.05) is 24.3 Å². The summed E-state index contributed by atoms with van der Waals surface area (Å²) in [7, 11) is 0. The first-order valence-electron chi connectivity index (χ1n) is 10.1. The molecule has 0 saturated carbocycles. The van der Waals surface area contributed by atoms with Crippen LogP contribution in [0.5, 0.6) is 0 Å². The van der Waals surface area contributed by atoms with Gasteiger partial charge in [-0.2, -0.15) is 0 Å². The van der Waals surface area contributed by atoms with Crippen molar-refractivity contribution in [2.45, 2.75) is 33.1 Å². The molecular formula is C23H26F2N2O3. The van der Waals surface area contributed by atoms with Crippen molar-refractivity contribution in [1.82, 2.24) is 4.90 Å². The summed E-state index contributed by atoms with van der Waals surface area (Å²) in [4.78, 5) is 27.3. The molecule has 0 radical (unpaired) electrons. The van der Waals surface area contributed by atoms with Gasteiger partial charge in [0.15, 0.2) is 0 Å². The third-order valence-electron chi connectivity index (χ3n) is 5.54. The van der Waals surface area contributed by atoms with Crippen LogP contribution in [-0.4, -0.2) is 36.6 Å². The van der Waals surface area contributed by atoms with Gasteiger partial charge in [0.05, 0.1) is 17.7 Å². The Hall–Kier alpha value is -2.96. The number of nitrogens with one attached hydrogen (secondary N) is 1. The monoisotopic (exact) mass is 416 g/mol. The van der Waals surface area contributed by atoms with Gasteiger partial charge in [0.1, 0.15) is 11.6 Å². The minimum absolute atomic E-state index is 0.104. The molecule has 1 heterocycles. The lowest BCUT2D eigenvalue weighted by molar-refractivity contribution is -0.158. The SMILES string of the molecule is CCOC(=O)[C@]1(Cc2ccccc2C)CCCN(C(=O)Nc2ccc(F)cc2F)C1. The van der Waals surface area contributed by atoms with E-state index in [-0.39, 0.29) is 24.8 Å². The number of benzene rings is 2. The summed E-state index contributed by atoms with van der Waals surface area (Å²) in [5.74, 6) is -1.90. The Morgan fingerprint density at radius 2 is 1.97 bits per heavy atom. The van der Waals surface area contributed by atoms with Crippen molar-refractivity contribution in [2.75, 3.05) is 25.0 Å². The van der Waals surface area contributed by atoms with Crippen LogP contribution in [0.3, 0.4) is 0 Å². The number of hydrogen-bond acceptors (Lipinski definition) is 3. The van der Waals surface area contributed by atoms with Crippen LogP contribution >= 0.6 is 0 Å². The molecule has 0 aliphatic carbocycles. The molecule has 1 atom stereocenters. The topological polar surface area (TPSA) is 58.6 Å². The molecule has 2 aromatic rings. The smallest absolute Gasteiger partial charge is 0.321 e. The van der Waals surface area contributed by atoms with Crippen LogP contribution in [0.25, 0.3) is 0 Å². The second kappa shape index (κ2) is 9.24. The first kappa shape index (κ1) is 21.7. The van der Waals surface area contributed by atoms with E-state index < -0.39 is 23.1 Å². The van der Waals surface area contributed by atoms with E-state index in [4.69, 9.17) is 4.74 Å². The summed E-state index contributed by atoms with van der Waals surface area (Å²) in [6, 6.07) is 10.3. The third-order valence-corrected chi connectivity index (χ3v) is 5.54. The largest absolute Gasteiger partial charge is 0.466 e. The number of carbonyl (C=O) groups excluding carboxylic acids is 2. The zero-order valence-corrected chi connectivity index (χ0v) is 17.2. The highest BCUT2D eigenvalue weighted by molar-refractivity contribution is 5.90. The molecule has 0 bridgehead atoms. The number of carbonyl (C=O) groups is 2.